The molecule has 0 atom stereocenters. The van der Waals surface area contributed by atoms with Crippen molar-refractivity contribution in [3.8, 4) is 0 Å². The monoisotopic (exact) mass is 200 g/mol. The second-order valence-electron chi connectivity index (χ2n) is 3.17. The zero-order valence-electron chi connectivity index (χ0n) is 7.98. The molecule has 0 bridgehead atoms. The van der Waals surface area contributed by atoms with E-state index in [4.69, 9.17) is 0 Å². The molecule has 0 saturated carbocycles. The van der Waals surface area contributed by atoms with E-state index in [-0.39, 0.29) is 11.3 Å². The Bertz CT molecular complexity index is 477. The summed E-state index contributed by atoms with van der Waals surface area (Å²) in [5, 5.41) is 0. The van der Waals surface area contributed by atoms with Crippen LogP contribution in [0.25, 0.3) is 0 Å². The van der Waals surface area contributed by atoms with Crippen LogP contribution in [-0.2, 0) is 0 Å². The summed E-state index contributed by atoms with van der Waals surface area (Å²) in [5.41, 5.74) is 0.617. The molecule has 2 rings (SSSR count). The number of carbonyl (C=O) groups is 1. The topological polar surface area (TPSA) is 17.1 Å². The summed E-state index contributed by atoms with van der Waals surface area (Å²) in [6, 6.07) is 14.7. The molecule has 2 aromatic carbocycles. The van der Waals surface area contributed by atoms with Crippen molar-refractivity contribution in [1.82, 2.24) is 0 Å². The number of ketones is 1. The van der Waals surface area contributed by atoms with Gasteiger partial charge in [-0.2, -0.15) is 0 Å². The highest BCUT2D eigenvalue weighted by molar-refractivity contribution is 6.09. The third kappa shape index (κ3) is 1.94. The Morgan fingerprint density at radius 2 is 1.47 bits per heavy atom. The molecule has 0 radical (unpaired) electrons. The minimum atomic E-state index is -0.480. The number of benzene rings is 2. The van der Waals surface area contributed by atoms with Crippen LogP contribution >= 0.6 is 0 Å². The fourth-order valence-electron chi connectivity index (χ4n) is 1.39. The van der Waals surface area contributed by atoms with Gasteiger partial charge in [-0.1, -0.05) is 42.5 Å². The second kappa shape index (κ2) is 4.05. The Morgan fingerprint density at radius 3 is 2.13 bits per heavy atom. The number of hydrogen-bond acceptors (Lipinski definition) is 1. The van der Waals surface area contributed by atoms with Crippen LogP contribution in [0.15, 0.2) is 54.6 Å². The quantitative estimate of drug-likeness (QED) is 0.681. The molecule has 0 aliphatic heterocycles. The molecule has 0 saturated heterocycles. The largest absolute Gasteiger partial charge is 0.288 e. The molecule has 0 fully saturated rings. The fourth-order valence-corrected chi connectivity index (χ4v) is 1.39. The van der Waals surface area contributed by atoms with Gasteiger partial charge in [0.05, 0.1) is 5.56 Å². The average Bonchev–Trinajstić information content (AvgIpc) is 2.30. The standard InChI is InChI=1S/C13H9FO/c14-12-9-5-4-8-11(12)13(15)10-6-2-1-3-7-10/h1-9H. The summed E-state index contributed by atoms with van der Waals surface area (Å²) < 4.78 is 13.3. The predicted molar refractivity (Wildman–Crippen MR) is 56.3 cm³/mol. The third-order valence-electron chi connectivity index (χ3n) is 2.15. The SMILES string of the molecule is O=C(c1ccccc1)c1ccccc1F. The smallest absolute Gasteiger partial charge is 0.195 e. The zero-order valence-corrected chi connectivity index (χ0v) is 7.98. The highest BCUT2D eigenvalue weighted by Crippen LogP contribution is 2.12. The maximum Gasteiger partial charge on any atom is 0.195 e. The van der Waals surface area contributed by atoms with Gasteiger partial charge >= 0.3 is 0 Å². The molecule has 0 N–H and O–H groups in total. The van der Waals surface area contributed by atoms with Crippen molar-refractivity contribution in [2.45, 2.75) is 0 Å². The van der Waals surface area contributed by atoms with Gasteiger partial charge in [0.15, 0.2) is 5.78 Å². The average molecular weight is 200 g/mol. The molecule has 0 heterocycles. The normalized spacial score (nSPS) is 9.93. The highest BCUT2D eigenvalue weighted by Gasteiger charge is 2.11. The molecule has 0 spiro atoms. The molecule has 0 aliphatic carbocycles. The van der Waals surface area contributed by atoms with Gasteiger partial charge in [-0.3, -0.25) is 4.79 Å². The second-order valence-corrected chi connectivity index (χ2v) is 3.17. The lowest BCUT2D eigenvalue weighted by Crippen LogP contribution is -2.03. The van der Waals surface area contributed by atoms with E-state index in [0.29, 0.717) is 5.56 Å². The molecule has 15 heavy (non-hydrogen) atoms. The first-order valence-electron chi connectivity index (χ1n) is 4.63. The van der Waals surface area contributed by atoms with E-state index in [0.717, 1.165) is 0 Å². The van der Waals surface area contributed by atoms with Crippen molar-refractivity contribution < 1.29 is 9.18 Å². The summed E-state index contributed by atoms with van der Waals surface area (Å²) in [7, 11) is 0. The number of hydrogen-bond donors (Lipinski definition) is 0. The molecule has 2 heteroatoms. The van der Waals surface area contributed by atoms with Crippen LogP contribution in [0.1, 0.15) is 15.9 Å². The maximum absolute atomic E-state index is 13.3. The first-order valence-corrected chi connectivity index (χ1v) is 4.63. The van der Waals surface area contributed by atoms with E-state index >= 15 is 0 Å². The van der Waals surface area contributed by atoms with Crippen molar-refractivity contribution >= 4 is 5.78 Å². The summed E-state index contributed by atoms with van der Waals surface area (Å²) in [4.78, 5) is 11.8. The van der Waals surface area contributed by atoms with E-state index in [1.807, 2.05) is 6.07 Å². The van der Waals surface area contributed by atoms with E-state index < -0.39 is 5.82 Å². The van der Waals surface area contributed by atoms with Crippen LogP contribution in [0.2, 0.25) is 0 Å². The van der Waals surface area contributed by atoms with Gasteiger partial charge in [0.25, 0.3) is 0 Å². The minimum Gasteiger partial charge on any atom is -0.288 e. The van der Waals surface area contributed by atoms with Crippen molar-refractivity contribution in [1.29, 1.82) is 0 Å². The van der Waals surface area contributed by atoms with Gasteiger partial charge in [0, 0.05) is 5.56 Å². The lowest BCUT2D eigenvalue weighted by Gasteiger charge is -2.01. The summed E-state index contributed by atoms with van der Waals surface area (Å²) >= 11 is 0. The minimum absolute atomic E-state index is 0.115. The Labute approximate surface area is 87.2 Å². The van der Waals surface area contributed by atoms with E-state index in [2.05, 4.69) is 0 Å². The van der Waals surface area contributed by atoms with Crippen molar-refractivity contribution in [2.24, 2.45) is 0 Å². The van der Waals surface area contributed by atoms with Crippen molar-refractivity contribution in [3.63, 3.8) is 0 Å². The van der Waals surface area contributed by atoms with Crippen LogP contribution in [-0.4, -0.2) is 5.78 Å². The van der Waals surface area contributed by atoms with Crippen LogP contribution in [0, 0.1) is 5.82 Å². The van der Waals surface area contributed by atoms with E-state index in [1.54, 1.807) is 36.4 Å². The van der Waals surface area contributed by atoms with Crippen molar-refractivity contribution in [2.75, 3.05) is 0 Å². The third-order valence-corrected chi connectivity index (χ3v) is 2.15. The van der Waals surface area contributed by atoms with Crippen LogP contribution < -0.4 is 0 Å². The van der Waals surface area contributed by atoms with Gasteiger partial charge < -0.3 is 0 Å². The lowest BCUT2D eigenvalue weighted by molar-refractivity contribution is 0.103. The molecule has 0 aromatic heterocycles. The number of carbonyl (C=O) groups excluding carboxylic acids is 1. The van der Waals surface area contributed by atoms with Crippen molar-refractivity contribution in [3.05, 3.63) is 71.5 Å². The van der Waals surface area contributed by atoms with E-state index in [1.165, 1.54) is 12.1 Å². The molecule has 0 aliphatic rings. The first kappa shape index (κ1) is 9.59. The summed E-state index contributed by atoms with van der Waals surface area (Å²) in [6.07, 6.45) is 0. The highest BCUT2D eigenvalue weighted by atomic mass is 19.1. The van der Waals surface area contributed by atoms with Crippen LogP contribution in [0.3, 0.4) is 0 Å². The fraction of sp³-hybridized carbons (Fsp3) is 0. The molecule has 0 amide bonds. The van der Waals surface area contributed by atoms with Crippen LogP contribution in [0.4, 0.5) is 4.39 Å². The Hall–Kier alpha value is -1.96. The number of halogens is 1. The Balaban J connectivity index is 2.42. The van der Waals surface area contributed by atoms with Gasteiger partial charge in [0.1, 0.15) is 5.82 Å². The molecule has 74 valence electrons. The van der Waals surface area contributed by atoms with Gasteiger partial charge in [-0.15, -0.1) is 0 Å². The summed E-state index contributed by atoms with van der Waals surface area (Å²) in [5.74, 6) is -0.764. The lowest BCUT2D eigenvalue weighted by atomic mass is 10.0. The maximum atomic E-state index is 13.3. The van der Waals surface area contributed by atoms with Crippen LogP contribution in [0.5, 0.6) is 0 Å². The van der Waals surface area contributed by atoms with Gasteiger partial charge in [0.2, 0.25) is 0 Å². The molecule has 1 nitrogen and oxygen atoms in total. The molecular weight excluding hydrogens is 191 g/mol. The first-order chi connectivity index (χ1) is 7.29. The molecule has 0 unspecified atom stereocenters. The predicted octanol–water partition coefficient (Wildman–Crippen LogP) is 3.06. The zero-order chi connectivity index (χ0) is 10.7. The van der Waals surface area contributed by atoms with E-state index in [9.17, 15) is 9.18 Å². The van der Waals surface area contributed by atoms with Gasteiger partial charge in [-0.25, -0.2) is 4.39 Å². The Morgan fingerprint density at radius 1 is 0.867 bits per heavy atom. The molecule has 2 aromatic rings. The Kier molecular flexibility index (Phi) is 2.59. The van der Waals surface area contributed by atoms with Gasteiger partial charge in [-0.05, 0) is 12.1 Å². The summed E-state index contributed by atoms with van der Waals surface area (Å²) in [6.45, 7) is 0. The molecular formula is C13H9FO. The number of rotatable bonds is 2.